The number of hydrogen-bond donors (Lipinski definition) is 1. The standard InChI is InChI=1S/C11H23NO2/c1-5-8-11(4,14-7-3)10(13)12-9-6-2/h5-9H2,1-4H3,(H,12,13). The molecule has 0 rings (SSSR count). The van der Waals surface area contributed by atoms with Crippen molar-refractivity contribution in [2.45, 2.75) is 52.6 Å². The van der Waals surface area contributed by atoms with Gasteiger partial charge in [0.05, 0.1) is 0 Å². The van der Waals surface area contributed by atoms with Crippen LogP contribution in [0.15, 0.2) is 0 Å². The Morgan fingerprint density at radius 1 is 1.29 bits per heavy atom. The second-order valence-corrected chi connectivity index (χ2v) is 3.67. The van der Waals surface area contributed by atoms with Crippen LogP contribution in [0.5, 0.6) is 0 Å². The predicted molar refractivity (Wildman–Crippen MR) is 58.2 cm³/mol. The lowest BCUT2D eigenvalue weighted by atomic mass is 9.99. The molecule has 1 amide bonds. The van der Waals surface area contributed by atoms with Gasteiger partial charge in [0, 0.05) is 13.2 Å². The summed E-state index contributed by atoms with van der Waals surface area (Å²) in [4.78, 5) is 11.8. The lowest BCUT2D eigenvalue weighted by Crippen LogP contribution is -2.46. The molecule has 0 heterocycles. The van der Waals surface area contributed by atoms with Crippen LogP contribution >= 0.6 is 0 Å². The largest absolute Gasteiger partial charge is 0.366 e. The van der Waals surface area contributed by atoms with Gasteiger partial charge in [-0.1, -0.05) is 20.3 Å². The summed E-state index contributed by atoms with van der Waals surface area (Å²) in [6, 6.07) is 0. The van der Waals surface area contributed by atoms with Crippen LogP contribution in [-0.2, 0) is 9.53 Å². The Morgan fingerprint density at radius 2 is 1.93 bits per heavy atom. The van der Waals surface area contributed by atoms with Gasteiger partial charge in [0.1, 0.15) is 5.60 Å². The number of hydrogen-bond acceptors (Lipinski definition) is 2. The molecule has 84 valence electrons. The molecule has 0 bridgehead atoms. The molecule has 3 nitrogen and oxygen atoms in total. The van der Waals surface area contributed by atoms with E-state index in [1.807, 2.05) is 20.8 Å². The van der Waals surface area contributed by atoms with E-state index in [-0.39, 0.29) is 5.91 Å². The molecule has 1 unspecified atom stereocenters. The van der Waals surface area contributed by atoms with Crippen molar-refractivity contribution in [3.63, 3.8) is 0 Å². The zero-order valence-electron chi connectivity index (χ0n) is 9.85. The fourth-order valence-electron chi connectivity index (χ4n) is 1.47. The molecule has 3 heteroatoms. The highest BCUT2D eigenvalue weighted by molar-refractivity contribution is 5.84. The first-order valence-electron chi connectivity index (χ1n) is 5.53. The molecule has 0 aliphatic heterocycles. The van der Waals surface area contributed by atoms with Crippen LogP contribution in [0.2, 0.25) is 0 Å². The zero-order valence-corrected chi connectivity index (χ0v) is 9.85. The number of ether oxygens (including phenoxy) is 1. The Kier molecular flexibility index (Phi) is 6.54. The van der Waals surface area contributed by atoms with Crippen molar-refractivity contribution < 1.29 is 9.53 Å². The summed E-state index contributed by atoms with van der Waals surface area (Å²) in [7, 11) is 0. The smallest absolute Gasteiger partial charge is 0.251 e. The maximum absolute atomic E-state index is 11.8. The maximum Gasteiger partial charge on any atom is 0.251 e. The molecule has 0 aromatic carbocycles. The van der Waals surface area contributed by atoms with Crippen LogP contribution < -0.4 is 5.32 Å². The summed E-state index contributed by atoms with van der Waals surface area (Å²) in [6.45, 7) is 9.19. The van der Waals surface area contributed by atoms with Crippen LogP contribution in [0.3, 0.4) is 0 Å². The van der Waals surface area contributed by atoms with Gasteiger partial charge in [-0.2, -0.15) is 0 Å². The second-order valence-electron chi connectivity index (χ2n) is 3.67. The Labute approximate surface area is 87.2 Å². The molecule has 0 saturated carbocycles. The summed E-state index contributed by atoms with van der Waals surface area (Å²) < 4.78 is 5.52. The summed E-state index contributed by atoms with van der Waals surface area (Å²) in [6.07, 6.45) is 2.69. The molecule has 1 atom stereocenters. The van der Waals surface area contributed by atoms with Gasteiger partial charge in [-0.25, -0.2) is 0 Å². The average molecular weight is 201 g/mol. The quantitative estimate of drug-likeness (QED) is 0.685. The molecular formula is C11H23NO2. The lowest BCUT2D eigenvalue weighted by molar-refractivity contribution is -0.145. The highest BCUT2D eigenvalue weighted by Gasteiger charge is 2.32. The van der Waals surface area contributed by atoms with Gasteiger partial charge in [-0.15, -0.1) is 0 Å². The fourth-order valence-corrected chi connectivity index (χ4v) is 1.47. The van der Waals surface area contributed by atoms with E-state index in [2.05, 4.69) is 12.2 Å². The van der Waals surface area contributed by atoms with Crippen molar-refractivity contribution in [1.29, 1.82) is 0 Å². The monoisotopic (exact) mass is 201 g/mol. The van der Waals surface area contributed by atoms with E-state index in [0.29, 0.717) is 6.61 Å². The first kappa shape index (κ1) is 13.4. The van der Waals surface area contributed by atoms with E-state index in [0.717, 1.165) is 25.8 Å². The predicted octanol–water partition coefficient (Wildman–Crippen LogP) is 2.11. The van der Waals surface area contributed by atoms with Crippen molar-refractivity contribution in [2.24, 2.45) is 0 Å². The van der Waals surface area contributed by atoms with Crippen molar-refractivity contribution in [2.75, 3.05) is 13.2 Å². The normalized spacial score (nSPS) is 14.9. The van der Waals surface area contributed by atoms with Crippen molar-refractivity contribution in [1.82, 2.24) is 5.32 Å². The minimum Gasteiger partial charge on any atom is -0.366 e. The Hall–Kier alpha value is -0.570. The molecule has 0 aliphatic carbocycles. The summed E-state index contributed by atoms with van der Waals surface area (Å²) >= 11 is 0. The van der Waals surface area contributed by atoms with Gasteiger partial charge in [0.25, 0.3) is 5.91 Å². The molecule has 0 spiro atoms. The molecule has 0 aliphatic rings. The van der Waals surface area contributed by atoms with Crippen LogP contribution in [-0.4, -0.2) is 24.7 Å². The molecule has 0 aromatic rings. The number of rotatable bonds is 7. The molecule has 14 heavy (non-hydrogen) atoms. The van der Waals surface area contributed by atoms with E-state index in [1.165, 1.54) is 0 Å². The third-order valence-corrected chi connectivity index (χ3v) is 2.21. The topological polar surface area (TPSA) is 38.3 Å². The van der Waals surface area contributed by atoms with Crippen LogP contribution in [0.4, 0.5) is 0 Å². The molecule has 0 aromatic heterocycles. The zero-order chi connectivity index (χ0) is 11.0. The lowest BCUT2D eigenvalue weighted by Gasteiger charge is -2.27. The van der Waals surface area contributed by atoms with Gasteiger partial charge in [0.15, 0.2) is 0 Å². The summed E-state index contributed by atoms with van der Waals surface area (Å²) in [5, 5.41) is 2.88. The van der Waals surface area contributed by atoms with Crippen molar-refractivity contribution >= 4 is 5.91 Å². The van der Waals surface area contributed by atoms with Crippen LogP contribution in [0, 0.1) is 0 Å². The molecule has 1 N–H and O–H groups in total. The summed E-state index contributed by atoms with van der Waals surface area (Å²) in [5.74, 6) is 0.0167. The van der Waals surface area contributed by atoms with E-state index in [9.17, 15) is 4.79 Å². The third kappa shape index (κ3) is 4.09. The van der Waals surface area contributed by atoms with Crippen LogP contribution in [0.1, 0.15) is 47.0 Å². The highest BCUT2D eigenvalue weighted by Crippen LogP contribution is 2.17. The van der Waals surface area contributed by atoms with Gasteiger partial charge in [-0.05, 0) is 26.7 Å². The summed E-state index contributed by atoms with van der Waals surface area (Å²) in [5.41, 5.74) is -0.640. The molecule has 0 fully saturated rings. The first-order chi connectivity index (χ1) is 6.60. The van der Waals surface area contributed by atoms with Gasteiger partial charge >= 0.3 is 0 Å². The van der Waals surface area contributed by atoms with E-state index in [4.69, 9.17) is 4.74 Å². The Balaban J connectivity index is 4.23. The molecule has 0 saturated heterocycles. The number of carbonyl (C=O) groups is 1. The minimum atomic E-state index is -0.640. The molecular weight excluding hydrogens is 178 g/mol. The van der Waals surface area contributed by atoms with Gasteiger partial charge in [0.2, 0.25) is 0 Å². The number of carbonyl (C=O) groups excluding carboxylic acids is 1. The highest BCUT2D eigenvalue weighted by atomic mass is 16.5. The SMILES string of the molecule is CCCNC(=O)C(C)(CCC)OCC. The van der Waals surface area contributed by atoms with E-state index >= 15 is 0 Å². The van der Waals surface area contributed by atoms with Crippen molar-refractivity contribution in [3.8, 4) is 0 Å². The van der Waals surface area contributed by atoms with Crippen molar-refractivity contribution in [3.05, 3.63) is 0 Å². The Bertz CT molecular complexity index is 163. The van der Waals surface area contributed by atoms with Crippen LogP contribution in [0.25, 0.3) is 0 Å². The average Bonchev–Trinajstić information content (AvgIpc) is 2.15. The Morgan fingerprint density at radius 3 is 2.36 bits per heavy atom. The fraction of sp³-hybridized carbons (Fsp3) is 0.909. The first-order valence-corrected chi connectivity index (χ1v) is 5.53. The van der Waals surface area contributed by atoms with Gasteiger partial charge in [-0.3, -0.25) is 4.79 Å². The second kappa shape index (κ2) is 6.82. The van der Waals surface area contributed by atoms with E-state index in [1.54, 1.807) is 0 Å². The maximum atomic E-state index is 11.8. The van der Waals surface area contributed by atoms with Gasteiger partial charge < -0.3 is 10.1 Å². The minimum absolute atomic E-state index is 0.0167. The van der Waals surface area contributed by atoms with E-state index < -0.39 is 5.60 Å². The number of nitrogens with one attached hydrogen (secondary N) is 1. The third-order valence-electron chi connectivity index (χ3n) is 2.21. The molecule has 0 radical (unpaired) electrons. The number of amides is 1.